The summed E-state index contributed by atoms with van der Waals surface area (Å²) >= 11 is 3.21. The van der Waals surface area contributed by atoms with Crippen LogP contribution in [0.25, 0.3) is 6.08 Å². The molecule has 0 aliphatic carbocycles. The summed E-state index contributed by atoms with van der Waals surface area (Å²) in [7, 11) is 0. The summed E-state index contributed by atoms with van der Waals surface area (Å²) in [4.78, 5) is 25.2. The second-order valence-electron chi connectivity index (χ2n) is 3.78. The zero-order chi connectivity index (χ0) is 13.0. The monoisotopic (exact) mass is 283 g/mol. The average Bonchev–Trinajstić information content (AvgIpc) is 2.85. The number of carbonyl (C=O) groups is 2. The molecule has 1 N–H and O–H groups in total. The number of hydrogen-bond acceptors (Lipinski definition) is 4. The highest BCUT2D eigenvalue weighted by molar-refractivity contribution is 7.99. The maximum absolute atomic E-state index is 12.3. The van der Waals surface area contributed by atoms with Gasteiger partial charge in [-0.1, -0.05) is 0 Å². The average molecular weight is 283 g/mol. The van der Waals surface area contributed by atoms with Gasteiger partial charge >= 0.3 is 5.97 Å². The molecule has 0 saturated carbocycles. The van der Waals surface area contributed by atoms with Crippen molar-refractivity contribution in [3.63, 3.8) is 0 Å². The van der Waals surface area contributed by atoms with Crippen molar-refractivity contribution in [2.24, 2.45) is 0 Å². The van der Waals surface area contributed by atoms with Gasteiger partial charge in [0.15, 0.2) is 0 Å². The largest absolute Gasteiger partial charge is 0.478 e. The van der Waals surface area contributed by atoms with Crippen LogP contribution in [0.1, 0.15) is 15.2 Å². The predicted molar refractivity (Wildman–Crippen MR) is 74.2 cm³/mol. The van der Waals surface area contributed by atoms with E-state index in [-0.39, 0.29) is 5.91 Å². The number of carbonyl (C=O) groups excluding carboxylic acids is 1. The van der Waals surface area contributed by atoms with Gasteiger partial charge in [-0.25, -0.2) is 4.79 Å². The molecule has 1 saturated heterocycles. The summed E-state index contributed by atoms with van der Waals surface area (Å²) in [6, 6.07) is 1.77. The van der Waals surface area contributed by atoms with Gasteiger partial charge < -0.3 is 10.0 Å². The standard InChI is InChI=1S/C12H13NO3S2/c14-10(15)2-1-9-3-6-18-11(9)12(16)13-4-7-17-8-5-13/h1-3,6H,4-5,7-8H2,(H,14,15). The molecule has 4 nitrogen and oxygen atoms in total. The van der Waals surface area contributed by atoms with E-state index in [1.165, 1.54) is 17.4 Å². The Kier molecular flexibility index (Phi) is 4.43. The summed E-state index contributed by atoms with van der Waals surface area (Å²) in [6.07, 6.45) is 2.54. The summed E-state index contributed by atoms with van der Waals surface area (Å²) in [6.45, 7) is 1.53. The highest BCUT2D eigenvalue weighted by Crippen LogP contribution is 2.22. The fraction of sp³-hybridized carbons (Fsp3) is 0.333. The zero-order valence-corrected chi connectivity index (χ0v) is 11.3. The van der Waals surface area contributed by atoms with E-state index in [0.717, 1.165) is 30.7 Å². The van der Waals surface area contributed by atoms with Gasteiger partial charge in [-0.2, -0.15) is 11.8 Å². The van der Waals surface area contributed by atoms with Crippen LogP contribution in [0.2, 0.25) is 0 Å². The molecule has 1 aliphatic rings. The topological polar surface area (TPSA) is 57.6 Å². The van der Waals surface area contributed by atoms with Gasteiger partial charge in [-0.05, 0) is 23.1 Å². The van der Waals surface area contributed by atoms with E-state index in [0.29, 0.717) is 10.4 Å². The SMILES string of the molecule is O=C(O)C=Cc1ccsc1C(=O)N1CCSCC1. The highest BCUT2D eigenvalue weighted by Gasteiger charge is 2.21. The van der Waals surface area contributed by atoms with E-state index < -0.39 is 5.97 Å². The fourth-order valence-electron chi connectivity index (χ4n) is 1.70. The zero-order valence-electron chi connectivity index (χ0n) is 9.67. The normalized spacial score (nSPS) is 16.1. The third-order valence-corrected chi connectivity index (χ3v) is 4.45. The van der Waals surface area contributed by atoms with Gasteiger partial charge in [0.05, 0.1) is 4.88 Å². The first-order chi connectivity index (χ1) is 8.68. The Balaban J connectivity index is 2.15. The third kappa shape index (κ3) is 3.14. The molecule has 0 atom stereocenters. The van der Waals surface area contributed by atoms with Crippen molar-refractivity contribution in [2.45, 2.75) is 0 Å². The van der Waals surface area contributed by atoms with Crippen molar-refractivity contribution in [1.29, 1.82) is 0 Å². The smallest absolute Gasteiger partial charge is 0.328 e. The number of thioether (sulfide) groups is 1. The van der Waals surface area contributed by atoms with Crippen molar-refractivity contribution in [3.8, 4) is 0 Å². The molecule has 0 bridgehead atoms. The molecule has 0 spiro atoms. The molecule has 0 aromatic carbocycles. The van der Waals surface area contributed by atoms with Crippen molar-refractivity contribution in [2.75, 3.05) is 24.6 Å². The first kappa shape index (κ1) is 13.2. The molecule has 1 aromatic rings. The number of aliphatic carboxylic acids is 1. The highest BCUT2D eigenvalue weighted by atomic mass is 32.2. The van der Waals surface area contributed by atoms with Crippen LogP contribution in [0.5, 0.6) is 0 Å². The minimum atomic E-state index is -1.01. The minimum Gasteiger partial charge on any atom is -0.478 e. The lowest BCUT2D eigenvalue weighted by Gasteiger charge is -2.26. The number of nitrogens with zero attached hydrogens (tertiary/aromatic N) is 1. The lowest BCUT2D eigenvalue weighted by Crippen LogP contribution is -2.37. The van der Waals surface area contributed by atoms with Crippen molar-refractivity contribution in [1.82, 2.24) is 4.90 Å². The molecular formula is C12H13NO3S2. The quantitative estimate of drug-likeness (QED) is 0.862. The molecular weight excluding hydrogens is 270 g/mol. The molecule has 1 amide bonds. The Morgan fingerprint density at radius 1 is 1.33 bits per heavy atom. The maximum Gasteiger partial charge on any atom is 0.328 e. The summed E-state index contributed by atoms with van der Waals surface area (Å²) in [5.74, 6) is 0.943. The number of hydrogen-bond donors (Lipinski definition) is 1. The Morgan fingerprint density at radius 3 is 2.72 bits per heavy atom. The Morgan fingerprint density at radius 2 is 2.06 bits per heavy atom. The van der Waals surface area contributed by atoms with E-state index >= 15 is 0 Å². The maximum atomic E-state index is 12.3. The van der Waals surface area contributed by atoms with Crippen LogP contribution in [0, 0.1) is 0 Å². The molecule has 1 aromatic heterocycles. The molecule has 1 aliphatic heterocycles. The van der Waals surface area contributed by atoms with Gasteiger partial charge in [0.25, 0.3) is 5.91 Å². The summed E-state index contributed by atoms with van der Waals surface area (Å²) in [5, 5.41) is 10.4. The predicted octanol–water partition coefficient (Wildman–Crippen LogP) is 2.03. The Bertz CT molecular complexity index is 475. The Labute approximate surface area is 113 Å². The Hall–Kier alpha value is -1.27. The van der Waals surface area contributed by atoms with Crippen LogP contribution in [-0.2, 0) is 4.79 Å². The molecule has 0 unspecified atom stereocenters. The second kappa shape index (κ2) is 6.06. The number of carboxylic acid groups (broad SMARTS) is 1. The van der Waals surface area contributed by atoms with Gasteiger partial charge in [0, 0.05) is 30.7 Å². The van der Waals surface area contributed by atoms with E-state index in [9.17, 15) is 9.59 Å². The third-order valence-electron chi connectivity index (χ3n) is 2.59. The molecule has 96 valence electrons. The number of amides is 1. The van der Waals surface area contributed by atoms with Crippen LogP contribution in [0.15, 0.2) is 17.5 Å². The van der Waals surface area contributed by atoms with Gasteiger partial charge in [-0.3, -0.25) is 4.79 Å². The lowest BCUT2D eigenvalue weighted by molar-refractivity contribution is -0.131. The first-order valence-electron chi connectivity index (χ1n) is 5.54. The lowest BCUT2D eigenvalue weighted by atomic mass is 10.2. The van der Waals surface area contributed by atoms with E-state index in [1.807, 2.05) is 22.0 Å². The minimum absolute atomic E-state index is 0.00957. The van der Waals surface area contributed by atoms with E-state index in [1.54, 1.807) is 6.07 Å². The second-order valence-corrected chi connectivity index (χ2v) is 5.92. The molecule has 0 radical (unpaired) electrons. The summed E-state index contributed by atoms with van der Waals surface area (Å²) < 4.78 is 0. The fourth-order valence-corrected chi connectivity index (χ4v) is 3.45. The number of thiophene rings is 1. The molecule has 2 heterocycles. The van der Waals surface area contributed by atoms with Crippen LogP contribution in [0.4, 0.5) is 0 Å². The van der Waals surface area contributed by atoms with Crippen LogP contribution in [-0.4, -0.2) is 46.5 Å². The molecule has 6 heteroatoms. The van der Waals surface area contributed by atoms with Gasteiger partial charge in [0.2, 0.25) is 0 Å². The van der Waals surface area contributed by atoms with Crippen LogP contribution in [0.3, 0.4) is 0 Å². The first-order valence-corrected chi connectivity index (χ1v) is 7.57. The number of rotatable bonds is 3. The van der Waals surface area contributed by atoms with Gasteiger partial charge in [0.1, 0.15) is 0 Å². The van der Waals surface area contributed by atoms with Gasteiger partial charge in [-0.15, -0.1) is 11.3 Å². The van der Waals surface area contributed by atoms with Crippen LogP contribution < -0.4 is 0 Å². The van der Waals surface area contributed by atoms with Crippen LogP contribution >= 0.6 is 23.1 Å². The summed E-state index contributed by atoms with van der Waals surface area (Å²) in [5.41, 5.74) is 0.686. The number of carboxylic acids is 1. The van der Waals surface area contributed by atoms with E-state index in [4.69, 9.17) is 5.11 Å². The van der Waals surface area contributed by atoms with Crippen molar-refractivity contribution < 1.29 is 14.7 Å². The molecule has 1 fully saturated rings. The van der Waals surface area contributed by atoms with Crippen molar-refractivity contribution >= 4 is 41.1 Å². The van der Waals surface area contributed by atoms with Crippen molar-refractivity contribution in [3.05, 3.63) is 28.0 Å². The molecule has 2 rings (SSSR count). The van der Waals surface area contributed by atoms with E-state index in [2.05, 4.69) is 0 Å². The molecule has 18 heavy (non-hydrogen) atoms.